The Bertz CT molecular complexity index is 261. The van der Waals surface area contributed by atoms with E-state index in [4.69, 9.17) is 4.74 Å². The van der Waals surface area contributed by atoms with Crippen LogP contribution >= 0.6 is 0 Å². The smallest absolute Gasteiger partial charge is 0.321 e. The van der Waals surface area contributed by atoms with E-state index in [-0.39, 0.29) is 12.0 Å². The minimum Gasteiger partial charge on any atom is -0.468 e. The summed E-state index contributed by atoms with van der Waals surface area (Å²) in [6.07, 6.45) is 3.91. The molecule has 2 aliphatic rings. The Morgan fingerprint density at radius 1 is 1.43 bits per heavy atom. The third-order valence-electron chi connectivity index (χ3n) is 3.16. The van der Waals surface area contributed by atoms with Crippen molar-refractivity contribution in [3.63, 3.8) is 0 Å². The van der Waals surface area contributed by atoms with Crippen LogP contribution in [0, 0.1) is 11.8 Å². The van der Waals surface area contributed by atoms with Crippen molar-refractivity contribution in [3.8, 4) is 0 Å². The van der Waals surface area contributed by atoms with Crippen LogP contribution in [0.3, 0.4) is 0 Å². The summed E-state index contributed by atoms with van der Waals surface area (Å²) in [4.78, 5) is 22.8. The summed E-state index contributed by atoms with van der Waals surface area (Å²) in [7, 11) is 1.31. The number of carbonyl (C=O) groups excluding carboxylic acids is 2. The maximum Gasteiger partial charge on any atom is 0.321 e. The number of esters is 2. The number of fused-ring (bicyclic) bond motifs is 1. The molecule has 0 unspecified atom stereocenters. The highest BCUT2D eigenvalue weighted by atomic mass is 16.6. The van der Waals surface area contributed by atoms with Crippen LogP contribution in [0.25, 0.3) is 0 Å². The second-order valence-corrected chi connectivity index (χ2v) is 3.92. The highest BCUT2D eigenvalue weighted by Crippen LogP contribution is 2.39. The molecule has 1 aliphatic heterocycles. The molecule has 1 saturated carbocycles. The van der Waals surface area contributed by atoms with E-state index < -0.39 is 17.9 Å². The van der Waals surface area contributed by atoms with Gasteiger partial charge in [-0.1, -0.05) is 6.42 Å². The fourth-order valence-corrected chi connectivity index (χ4v) is 2.45. The molecule has 0 aromatic rings. The summed E-state index contributed by atoms with van der Waals surface area (Å²) in [5, 5.41) is 0. The summed E-state index contributed by atoms with van der Waals surface area (Å²) < 4.78 is 9.77. The van der Waals surface area contributed by atoms with E-state index in [0.29, 0.717) is 0 Å². The Hall–Kier alpha value is -1.06. The molecule has 1 saturated heterocycles. The average Bonchev–Trinajstić information content (AvgIpc) is 2.53. The Morgan fingerprint density at radius 3 is 2.86 bits per heavy atom. The van der Waals surface area contributed by atoms with Crippen LogP contribution in [-0.2, 0) is 19.1 Å². The van der Waals surface area contributed by atoms with E-state index >= 15 is 0 Å². The number of carbonyl (C=O) groups is 2. The van der Waals surface area contributed by atoms with Gasteiger partial charge in [-0.25, -0.2) is 0 Å². The first-order valence-corrected chi connectivity index (χ1v) is 5.02. The van der Waals surface area contributed by atoms with Gasteiger partial charge in [-0.2, -0.15) is 0 Å². The van der Waals surface area contributed by atoms with Crippen molar-refractivity contribution in [1.82, 2.24) is 0 Å². The summed E-state index contributed by atoms with van der Waals surface area (Å²) in [6.45, 7) is 0. The highest BCUT2D eigenvalue weighted by Gasteiger charge is 2.49. The molecule has 0 aromatic heterocycles. The number of ether oxygens (including phenoxy) is 2. The number of methoxy groups -OCH3 is 1. The van der Waals surface area contributed by atoms with Gasteiger partial charge < -0.3 is 9.47 Å². The van der Waals surface area contributed by atoms with Crippen molar-refractivity contribution < 1.29 is 19.1 Å². The molecule has 0 radical (unpaired) electrons. The first-order chi connectivity index (χ1) is 6.74. The second kappa shape index (κ2) is 3.59. The van der Waals surface area contributed by atoms with Gasteiger partial charge in [-0.05, 0) is 19.3 Å². The third kappa shape index (κ3) is 1.38. The van der Waals surface area contributed by atoms with Gasteiger partial charge in [0, 0.05) is 5.92 Å². The van der Waals surface area contributed by atoms with Crippen LogP contribution in [0.4, 0.5) is 0 Å². The molecule has 0 N–H and O–H groups in total. The van der Waals surface area contributed by atoms with E-state index in [1.807, 2.05) is 0 Å². The van der Waals surface area contributed by atoms with Crippen LogP contribution in [0.5, 0.6) is 0 Å². The molecule has 0 spiro atoms. The zero-order valence-electron chi connectivity index (χ0n) is 8.19. The second-order valence-electron chi connectivity index (χ2n) is 3.92. The Morgan fingerprint density at radius 2 is 2.14 bits per heavy atom. The lowest BCUT2D eigenvalue weighted by Crippen LogP contribution is -2.30. The molecule has 78 valence electrons. The molecule has 14 heavy (non-hydrogen) atoms. The molecule has 0 aromatic carbocycles. The monoisotopic (exact) mass is 198 g/mol. The largest absolute Gasteiger partial charge is 0.468 e. The lowest BCUT2D eigenvalue weighted by molar-refractivity contribution is -0.155. The molecule has 0 bridgehead atoms. The van der Waals surface area contributed by atoms with Crippen LogP contribution in [-0.4, -0.2) is 25.2 Å². The summed E-state index contributed by atoms with van der Waals surface area (Å²) in [5.74, 6) is -1.44. The van der Waals surface area contributed by atoms with Crippen LogP contribution in [0.1, 0.15) is 25.7 Å². The van der Waals surface area contributed by atoms with Crippen molar-refractivity contribution >= 4 is 11.9 Å². The topological polar surface area (TPSA) is 52.6 Å². The normalized spacial score (nSPS) is 36.1. The highest BCUT2D eigenvalue weighted by molar-refractivity contribution is 5.96. The fourth-order valence-electron chi connectivity index (χ4n) is 2.45. The Kier molecular flexibility index (Phi) is 2.44. The van der Waals surface area contributed by atoms with Gasteiger partial charge in [-0.15, -0.1) is 0 Å². The van der Waals surface area contributed by atoms with Gasteiger partial charge in [0.15, 0.2) is 5.92 Å². The molecule has 0 amide bonds. The minimum absolute atomic E-state index is 0.0413. The van der Waals surface area contributed by atoms with Crippen molar-refractivity contribution in [2.45, 2.75) is 31.8 Å². The van der Waals surface area contributed by atoms with Gasteiger partial charge >= 0.3 is 11.9 Å². The first kappa shape index (κ1) is 9.49. The van der Waals surface area contributed by atoms with E-state index in [1.54, 1.807) is 0 Å². The van der Waals surface area contributed by atoms with Crippen molar-refractivity contribution in [2.75, 3.05) is 7.11 Å². The third-order valence-corrected chi connectivity index (χ3v) is 3.16. The van der Waals surface area contributed by atoms with E-state index in [1.165, 1.54) is 7.11 Å². The predicted molar refractivity (Wildman–Crippen MR) is 47.3 cm³/mol. The molecule has 4 nitrogen and oxygen atoms in total. The number of rotatable bonds is 1. The molecule has 1 heterocycles. The zero-order valence-corrected chi connectivity index (χ0v) is 8.19. The first-order valence-electron chi connectivity index (χ1n) is 5.02. The van der Waals surface area contributed by atoms with Crippen molar-refractivity contribution in [1.29, 1.82) is 0 Å². The van der Waals surface area contributed by atoms with Gasteiger partial charge in [-0.3, -0.25) is 9.59 Å². The van der Waals surface area contributed by atoms with E-state index in [2.05, 4.69) is 4.74 Å². The number of hydrogen-bond donors (Lipinski definition) is 0. The predicted octanol–water partition coefficient (Wildman–Crippen LogP) is 0.891. The summed E-state index contributed by atoms with van der Waals surface area (Å²) >= 11 is 0. The lowest BCUT2D eigenvalue weighted by Gasteiger charge is -2.24. The van der Waals surface area contributed by atoms with Crippen LogP contribution in [0.2, 0.25) is 0 Å². The molecule has 2 fully saturated rings. The lowest BCUT2D eigenvalue weighted by atomic mass is 9.80. The Labute approximate surface area is 82.6 Å². The van der Waals surface area contributed by atoms with E-state index in [0.717, 1.165) is 25.7 Å². The standard InChI is InChI=1S/C10H14O4/c1-13-9(11)8-6-4-2-3-5-7(6)14-10(8)12/h6-8H,2-5H2,1H3/t6-,7+,8-/m0/s1. The van der Waals surface area contributed by atoms with Crippen LogP contribution < -0.4 is 0 Å². The molecule has 1 aliphatic carbocycles. The van der Waals surface area contributed by atoms with Gasteiger partial charge in [0.2, 0.25) is 0 Å². The van der Waals surface area contributed by atoms with Crippen LogP contribution in [0.15, 0.2) is 0 Å². The zero-order chi connectivity index (χ0) is 10.1. The van der Waals surface area contributed by atoms with E-state index in [9.17, 15) is 9.59 Å². The molecule has 2 rings (SSSR count). The number of hydrogen-bond acceptors (Lipinski definition) is 4. The van der Waals surface area contributed by atoms with Gasteiger partial charge in [0.1, 0.15) is 6.10 Å². The van der Waals surface area contributed by atoms with Crippen molar-refractivity contribution in [3.05, 3.63) is 0 Å². The van der Waals surface area contributed by atoms with Crippen molar-refractivity contribution in [2.24, 2.45) is 11.8 Å². The fraction of sp³-hybridized carbons (Fsp3) is 0.800. The maximum absolute atomic E-state index is 11.4. The summed E-state index contributed by atoms with van der Waals surface area (Å²) in [5.41, 5.74) is 0. The SMILES string of the molecule is COC(=O)[C@H]1C(=O)O[C@@H]2CCCC[C@H]12. The Balaban J connectivity index is 2.15. The molecular weight excluding hydrogens is 184 g/mol. The molecule has 3 atom stereocenters. The molecular formula is C10H14O4. The average molecular weight is 198 g/mol. The summed E-state index contributed by atoms with van der Waals surface area (Å²) in [6, 6.07) is 0. The van der Waals surface area contributed by atoms with Gasteiger partial charge in [0.25, 0.3) is 0 Å². The van der Waals surface area contributed by atoms with Gasteiger partial charge in [0.05, 0.1) is 7.11 Å². The maximum atomic E-state index is 11.4. The quantitative estimate of drug-likeness (QED) is 0.464. The molecule has 4 heteroatoms. The minimum atomic E-state index is -0.662.